The van der Waals surface area contributed by atoms with E-state index in [4.69, 9.17) is 0 Å². The summed E-state index contributed by atoms with van der Waals surface area (Å²) in [6, 6.07) is 0. The molecule has 0 aliphatic heterocycles. The molecule has 0 nitrogen and oxygen atoms in total. The van der Waals surface area contributed by atoms with E-state index in [1.807, 2.05) is 0 Å². The minimum atomic E-state index is 0.721. The van der Waals surface area contributed by atoms with Gasteiger partial charge < -0.3 is 0 Å². The van der Waals surface area contributed by atoms with Crippen LogP contribution in [0.3, 0.4) is 0 Å². The van der Waals surface area contributed by atoms with Crippen LogP contribution in [0.1, 0.15) is 53.4 Å². The smallest absolute Gasteiger partial charge is 0.0117 e. The Morgan fingerprint density at radius 1 is 0.917 bits per heavy atom. The zero-order chi connectivity index (χ0) is 9.40. The molecule has 0 radical (unpaired) electrons. The Morgan fingerprint density at radius 2 is 1.42 bits per heavy atom. The van der Waals surface area contributed by atoms with Gasteiger partial charge in [-0.2, -0.15) is 0 Å². The van der Waals surface area contributed by atoms with Gasteiger partial charge in [0.2, 0.25) is 0 Å². The van der Waals surface area contributed by atoms with E-state index in [0.29, 0.717) is 0 Å². The number of hydrogen-bond donors (Lipinski definition) is 0. The van der Waals surface area contributed by atoms with Crippen LogP contribution in [-0.4, -0.2) is 0 Å². The van der Waals surface area contributed by atoms with Gasteiger partial charge in [0.1, 0.15) is 0 Å². The molecule has 0 aromatic heterocycles. The Hall–Kier alpha value is -0.440. The highest BCUT2D eigenvalue weighted by Gasteiger charge is 1.98. The van der Waals surface area contributed by atoms with Crippen molar-refractivity contribution in [2.24, 2.45) is 11.8 Å². The van der Waals surface area contributed by atoms with Crippen LogP contribution in [0.2, 0.25) is 0 Å². The average molecular weight is 166 g/mol. The van der Waals surface area contributed by atoms with Crippen molar-refractivity contribution in [3.8, 4) is 11.8 Å². The first kappa shape index (κ1) is 11.6. The maximum Gasteiger partial charge on any atom is 0.0117 e. The van der Waals surface area contributed by atoms with E-state index in [1.54, 1.807) is 0 Å². The van der Waals surface area contributed by atoms with Gasteiger partial charge in [0.05, 0.1) is 0 Å². The molecule has 0 aliphatic carbocycles. The van der Waals surface area contributed by atoms with Crippen LogP contribution >= 0.6 is 0 Å². The summed E-state index contributed by atoms with van der Waals surface area (Å²) >= 11 is 0. The standard InChI is InChI=1S/C12H22/c1-5-12(6-2)10-8-7-9-11(3)4/h11-12H,5-6,9-10H2,1-4H3. The molecule has 0 saturated carbocycles. The van der Waals surface area contributed by atoms with Crippen LogP contribution in [0.15, 0.2) is 0 Å². The Kier molecular flexibility index (Phi) is 6.96. The van der Waals surface area contributed by atoms with Gasteiger partial charge in [-0.1, -0.05) is 40.5 Å². The van der Waals surface area contributed by atoms with Crippen molar-refractivity contribution in [3.63, 3.8) is 0 Å². The first-order chi connectivity index (χ1) is 5.70. The van der Waals surface area contributed by atoms with E-state index in [-0.39, 0.29) is 0 Å². The maximum absolute atomic E-state index is 3.27. The molecule has 0 bridgehead atoms. The zero-order valence-electron chi connectivity index (χ0n) is 8.98. The first-order valence-corrected chi connectivity index (χ1v) is 5.16. The van der Waals surface area contributed by atoms with Crippen LogP contribution in [0.25, 0.3) is 0 Å². The SMILES string of the molecule is CCC(CC)CC#CCC(C)C. The quantitative estimate of drug-likeness (QED) is 0.556. The molecule has 0 saturated heterocycles. The van der Waals surface area contributed by atoms with Crippen LogP contribution in [0.4, 0.5) is 0 Å². The molecule has 0 heteroatoms. The van der Waals surface area contributed by atoms with Crippen molar-refractivity contribution in [2.45, 2.75) is 53.4 Å². The summed E-state index contributed by atoms with van der Waals surface area (Å²) in [6.07, 6.45) is 4.69. The van der Waals surface area contributed by atoms with Crippen molar-refractivity contribution < 1.29 is 0 Å². The molecule has 0 rings (SSSR count). The molecule has 0 atom stereocenters. The summed E-state index contributed by atoms with van der Waals surface area (Å²) < 4.78 is 0. The lowest BCUT2D eigenvalue weighted by molar-refractivity contribution is 0.506. The Labute approximate surface area is 77.8 Å². The minimum absolute atomic E-state index is 0.721. The molecule has 0 amide bonds. The summed E-state index contributed by atoms with van der Waals surface area (Å²) in [7, 11) is 0. The molecule has 0 aromatic carbocycles. The van der Waals surface area contributed by atoms with Gasteiger partial charge in [0.15, 0.2) is 0 Å². The van der Waals surface area contributed by atoms with Gasteiger partial charge in [-0.15, -0.1) is 11.8 Å². The van der Waals surface area contributed by atoms with Crippen LogP contribution in [0, 0.1) is 23.7 Å². The minimum Gasteiger partial charge on any atom is -0.103 e. The normalized spacial score (nSPS) is 10.2. The van der Waals surface area contributed by atoms with E-state index in [2.05, 4.69) is 39.5 Å². The number of hydrogen-bond acceptors (Lipinski definition) is 0. The highest BCUT2D eigenvalue weighted by Crippen LogP contribution is 2.10. The fourth-order valence-corrected chi connectivity index (χ4v) is 1.07. The van der Waals surface area contributed by atoms with Crippen LogP contribution in [-0.2, 0) is 0 Å². The second kappa shape index (κ2) is 7.22. The molecule has 0 unspecified atom stereocenters. The lowest BCUT2D eigenvalue weighted by Gasteiger charge is -2.05. The molecular weight excluding hydrogens is 144 g/mol. The van der Waals surface area contributed by atoms with Gasteiger partial charge >= 0.3 is 0 Å². The first-order valence-electron chi connectivity index (χ1n) is 5.16. The van der Waals surface area contributed by atoms with Gasteiger partial charge in [0.25, 0.3) is 0 Å². The van der Waals surface area contributed by atoms with Crippen molar-refractivity contribution in [1.29, 1.82) is 0 Å². The van der Waals surface area contributed by atoms with Crippen molar-refractivity contribution >= 4 is 0 Å². The van der Waals surface area contributed by atoms with Gasteiger partial charge in [-0.3, -0.25) is 0 Å². The summed E-state index contributed by atoms with van der Waals surface area (Å²) in [4.78, 5) is 0. The fourth-order valence-electron chi connectivity index (χ4n) is 1.07. The fraction of sp³-hybridized carbons (Fsp3) is 0.833. The third kappa shape index (κ3) is 6.28. The lowest BCUT2D eigenvalue weighted by atomic mass is 10.00. The van der Waals surface area contributed by atoms with Crippen molar-refractivity contribution in [3.05, 3.63) is 0 Å². The second-order valence-corrected chi connectivity index (χ2v) is 3.84. The second-order valence-electron chi connectivity index (χ2n) is 3.84. The molecule has 0 fully saturated rings. The Bertz CT molecular complexity index is 141. The summed E-state index contributed by atoms with van der Waals surface area (Å²) in [5, 5.41) is 0. The van der Waals surface area contributed by atoms with E-state index in [1.165, 1.54) is 12.8 Å². The molecule has 0 N–H and O–H groups in total. The predicted octanol–water partition coefficient (Wildman–Crippen LogP) is 3.86. The number of rotatable bonds is 4. The van der Waals surface area contributed by atoms with Crippen molar-refractivity contribution in [2.75, 3.05) is 0 Å². The molecule has 0 spiro atoms. The monoisotopic (exact) mass is 166 g/mol. The molecule has 70 valence electrons. The third-order valence-electron chi connectivity index (χ3n) is 2.18. The topological polar surface area (TPSA) is 0 Å². The van der Waals surface area contributed by atoms with Crippen LogP contribution in [0.5, 0.6) is 0 Å². The summed E-state index contributed by atoms with van der Waals surface area (Å²) in [5.41, 5.74) is 0. The zero-order valence-corrected chi connectivity index (χ0v) is 8.98. The molecule has 0 aromatic rings. The molecule has 0 heterocycles. The van der Waals surface area contributed by atoms with E-state index < -0.39 is 0 Å². The van der Waals surface area contributed by atoms with Gasteiger partial charge in [-0.05, 0) is 11.8 Å². The van der Waals surface area contributed by atoms with Gasteiger partial charge in [0, 0.05) is 12.8 Å². The van der Waals surface area contributed by atoms with E-state index in [0.717, 1.165) is 24.7 Å². The van der Waals surface area contributed by atoms with Crippen molar-refractivity contribution in [1.82, 2.24) is 0 Å². The average Bonchev–Trinajstić information content (AvgIpc) is 2.04. The maximum atomic E-state index is 3.27. The highest BCUT2D eigenvalue weighted by molar-refractivity contribution is 5.00. The molecular formula is C12H22. The van der Waals surface area contributed by atoms with E-state index in [9.17, 15) is 0 Å². The van der Waals surface area contributed by atoms with Gasteiger partial charge in [-0.25, -0.2) is 0 Å². The largest absolute Gasteiger partial charge is 0.103 e. The molecule has 0 aliphatic rings. The Balaban J connectivity index is 3.54. The predicted molar refractivity (Wildman–Crippen MR) is 55.9 cm³/mol. The highest BCUT2D eigenvalue weighted by atomic mass is 14.0. The molecule has 12 heavy (non-hydrogen) atoms. The lowest BCUT2D eigenvalue weighted by Crippen LogP contribution is -1.94. The third-order valence-corrected chi connectivity index (χ3v) is 2.18. The van der Waals surface area contributed by atoms with E-state index >= 15 is 0 Å². The summed E-state index contributed by atoms with van der Waals surface area (Å²) in [6.45, 7) is 8.92. The van der Waals surface area contributed by atoms with Crippen LogP contribution < -0.4 is 0 Å². The summed E-state index contributed by atoms with van der Waals surface area (Å²) in [5.74, 6) is 8.05. The Morgan fingerprint density at radius 3 is 1.83 bits per heavy atom.